The fourth-order valence-electron chi connectivity index (χ4n) is 2.20. The van der Waals surface area contributed by atoms with Crippen molar-refractivity contribution < 1.29 is 8.42 Å². The third-order valence-electron chi connectivity index (χ3n) is 3.24. The Balaban J connectivity index is 5.43. The minimum Gasteiger partial charge on any atom is -0.329 e. The van der Waals surface area contributed by atoms with Crippen molar-refractivity contribution in [2.45, 2.75) is 65.5 Å². The molecule has 0 unspecified atom stereocenters. The van der Waals surface area contributed by atoms with Crippen LogP contribution in [0.2, 0.25) is 0 Å². The Bertz CT molecular complexity index is 335. The summed E-state index contributed by atoms with van der Waals surface area (Å²) in [7, 11) is -3.52. The minimum absolute atomic E-state index is 0.332. The summed E-state index contributed by atoms with van der Waals surface area (Å²) >= 11 is 0. The van der Waals surface area contributed by atoms with Crippen molar-refractivity contribution in [3.8, 4) is 0 Å². The van der Waals surface area contributed by atoms with Gasteiger partial charge in [-0.25, -0.2) is 0 Å². The predicted molar refractivity (Wildman–Crippen MR) is 76.6 cm³/mol. The number of likely N-dealkylation sites (N-methyl/N-ethyl adjacent to an activating group) is 1. The molecule has 0 radical (unpaired) electrons. The van der Waals surface area contributed by atoms with E-state index in [2.05, 4.69) is 4.72 Å². The molecular formula is C12H29N3O2S. The molecule has 0 fully saturated rings. The summed E-state index contributed by atoms with van der Waals surface area (Å²) < 4.78 is 29.1. The quantitative estimate of drug-likeness (QED) is 0.741. The van der Waals surface area contributed by atoms with Crippen LogP contribution in [0.1, 0.15) is 54.4 Å². The van der Waals surface area contributed by atoms with Gasteiger partial charge >= 0.3 is 0 Å². The normalized spacial score (nSPS) is 14.2. The average Bonchev–Trinajstić information content (AvgIpc) is 2.22. The summed E-state index contributed by atoms with van der Waals surface area (Å²) in [5.74, 6) is 0. The smallest absolute Gasteiger partial charge is 0.280 e. The molecule has 0 saturated heterocycles. The molecule has 0 saturated carbocycles. The number of rotatable bonds is 7. The average molecular weight is 279 g/mol. The number of hydrogen-bond donors (Lipinski definition) is 2. The highest BCUT2D eigenvalue weighted by Gasteiger charge is 2.40. The van der Waals surface area contributed by atoms with Gasteiger partial charge in [-0.3, -0.25) is 0 Å². The second kappa shape index (κ2) is 6.32. The van der Waals surface area contributed by atoms with Crippen LogP contribution in [0.15, 0.2) is 0 Å². The zero-order chi connectivity index (χ0) is 14.6. The molecule has 0 aromatic heterocycles. The van der Waals surface area contributed by atoms with Crippen LogP contribution in [0.3, 0.4) is 0 Å². The standard InChI is InChI=1S/C12H29N3O2S/c1-7-12(8-2,10-13)15(9-3)18(16,17)14-11(4,5)6/h14H,7-10,13H2,1-6H3. The van der Waals surface area contributed by atoms with Gasteiger partial charge in [0.15, 0.2) is 0 Å². The zero-order valence-corrected chi connectivity index (χ0v) is 13.4. The molecule has 0 rings (SSSR count). The summed E-state index contributed by atoms with van der Waals surface area (Å²) in [5, 5.41) is 0. The molecule has 0 bridgehead atoms. The summed E-state index contributed by atoms with van der Waals surface area (Å²) in [6, 6.07) is 0. The molecule has 0 aliphatic heterocycles. The predicted octanol–water partition coefficient (Wildman–Crippen LogP) is 1.46. The van der Waals surface area contributed by atoms with Crippen LogP contribution in [0.4, 0.5) is 0 Å². The first kappa shape index (κ1) is 17.8. The Hall–Kier alpha value is -0.170. The van der Waals surface area contributed by atoms with Crippen LogP contribution in [-0.4, -0.2) is 36.9 Å². The fourth-order valence-corrected chi connectivity index (χ4v) is 4.26. The van der Waals surface area contributed by atoms with Crippen LogP contribution in [0, 0.1) is 0 Å². The molecule has 5 nitrogen and oxygen atoms in total. The third kappa shape index (κ3) is 4.19. The van der Waals surface area contributed by atoms with Crippen molar-refractivity contribution in [1.29, 1.82) is 0 Å². The lowest BCUT2D eigenvalue weighted by atomic mass is 9.93. The molecule has 110 valence electrons. The van der Waals surface area contributed by atoms with Crippen molar-refractivity contribution in [3.63, 3.8) is 0 Å². The maximum atomic E-state index is 12.5. The van der Waals surface area contributed by atoms with Gasteiger partial charge in [-0.1, -0.05) is 20.8 Å². The molecule has 0 aromatic rings. The molecule has 0 aromatic carbocycles. The van der Waals surface area contributed by atoms with E-state index in [0.29, 0.717) is 25.9 Å². The van der Waals surface area contributed by atoms with E-state index in [0.717, 1.165) is 0 Å². The van der Waals surface area contributed by atoms with Gasteiger partial charge in [-0.2, -0.15) is 17.4 Å². The highest BCUT2D eigenvalue weighted by molar-refractivity contribution is 7.87. The maximum Gasteiger partial charge on any atom is 0.280 e. The Labute approximate surface area is 112 Å². The van der Waals surface area contributed by atoms with E-state index in [1.807, 2.05) is 41.5 Å². The monoisotopic (exact) mass is 279 g/mol. The van der Waals surface area contributed by atoms with E-state index >= 15 is 0 Å². The molecule has 6 heteroatoms. The van der Waals surface area contributed by atoms with Gasteiger partial charge in [0.1, 0.15) is 0 Å². The first-order valence-electron chi connectivity index (χ1n) is 6.60. The van der Waals surface area contributed by atoms with Gasteiger partial charge in [0.05, 0.1) is 0 Å². The maximum absolute atomic E-state index is 12.5. The lowest BCUT2D eigenvalue weighted by Crippen LogP contribution is -2.60. The number of nitrogens with one attached hydrogen (secondary N) is 1. The lowest BCUT2D eigenvalue weighted by Gasteiger charge is -2.41. The Morgan fingerprint density at radius 1 is 1.11 bits per heavy atom. The van der Waals surface area contributed by atoms with E-state index in [1.165, 1.54) is 4.31 Å². The Morgan fingerprint density at radius 2 is 1.56 bits per heavy atom. The highest BCUT2D eigenvalue weighted by Crippen LogP contribution is 2.26. The topological polar surface area (TPSA) is 75.4 Å². The summed E-state index contributed by atoms with van der Waals surface area (Å²) in [5.41, 5.74) is 4.85. The van der Waals surface area contributed by atoms with E-state index in [-0.39, 0.29) is 0 Å². The van der Waals surface area contributed by atoms with E-state index in [1.54, 1.807) is 0 Å². The number of nitrogens with two attached hydrogens (primary N) is 1. The molecule has 0 amide bonds. The number of nitrogens with zero attached hydrogens (tertiary/aromatic N) is 1. The van der Waals surface area contributed by atoms with Crippen LogP contribution < -0.4 is 10.5 Å². The van der Waals surface area contributed by atoms with Crippen LogP contribution in [-0.2, 0) is 10.2 Å². The first-order valence-corrected chi connectivity index (χ1v) is 8.04. The van der Waals surface area contributed by atoms with Crippen molar-refractivity contribution in [3.05, 3.63) is 0 Å². The molecular weight excluding hydrogens is 250 g/mol. The van der Waals surface area contributed by atoms with Crippen LogP contribution in [0.5, 0.6) is 0 Å². The lowest BCUT2D eigenvalue weighted by molar-refractivity contribution is 0.180. The molecule has 18 heavy (non-hydrogen) atoms. The van der Waals surface area contributed by atoms with E-state index < -0.39 is 21.3 Å². The molecule has 0 aliphatic rings. The van der Waals surface area contributed by atoms with Gasteiger partial charge < -0.3 is 5.73 Å². The van der Waals surface area contributed by atoms with Gasteiger partial charge in [0.25, 0.3) is 10.2 Å². The van der Waals surface area contributed by atoms with Crippen LogP contribution in [0.25, 0.3) is 0 Å². The van der Waals surface area contributed by atoms with Gasteiger partial charge in [0, 0.05) is 24.2 Å². The van der Waals surface area contributed by atoms with Gasteiger partial charge in [0.2, 0.25) is 0 Å². The second-order valence-corrected chi connectivity index (χ2v) is 7.25. The van der Waals surface area contributed by atoms with Gasteiger partial charge in [-0.15, -0.1) is 0 Å². The molecule has 0 atom stereocenters. The molecule has 0 aliphatic carbocycles. The van der Waals surface area contributed by atoms with E-state index in [9.17, 15) is 8.42 Å². The first-order chi connectivity index (χ1) is 8.08. The molecule has 3 N–H and O–H groups in total. The van der Waals surface area contributed by atoms with Crippen molar-refractivity contribution in [2.24, 2.45) is 5.73 Å². The highest BCUT2D eigenvalue weighted by atomic mass is 32.2. The summed E-state index contributed by atoms with van der Waals surface area (Å²) in [4.78, 5) is 0. The Morgan fingerprint density at radius 3 is 1.78 bits per heavy atom. The van der Waals surface area contributed by atoms with Gasteiger partial charge in [-0.05, 0) is 33.6 Å². The summed E-state index contributed by atoms with van der Waals surface area (Å²) in [6.07, 6.45) is 1.41. The SMILES string of the molecule is CCN(C(CC)(CC)CN)S(=O)(=O)NC(C)(C)C. The minimum atomic E-state index is -3.52. The summed E-state index contributed by atoms with van der Waals surface area (Å²) in [6.45, 7) is 12.1. The number of hydrogen-bond acceptors (Lipinski definition) is 3. The molecule has 0 spiro atoms. The van der Waals surface area contributed by atoms with Crippen molar-refractivity contribution >= 4 is 10.2 Å². The van der Waals surface area contributed by atoms with E-state index in [4.69, 9.17) is 5.73 Å². The third-order valence-corrected chi connectivity index (χ3v) is 5.33. The zero-order valence-electron chi connectivity index (χ0n) is 12.6. The second-order valence-electron chi connectivity index (χ2n) is 5.66. The Kier molecular flexibility index (Phi) is 6.26. The fraction of sp³-hybridized carbons (Fsp3) is 1.00. The van der Waals surface area contributed by atoms with Crippen molar-refractivity contribution in [1.82, 2.24) is 9.03 Å². The molecule has 0 heterocycles. The largest absolute Gasteiger partial charge is 0.329 e. The van der Waals surface area contributed by atoms with Crippen molar-refractivity contribution in [2.75, 3.05) is 13.1 Å². The van der Waals surface area contributed by atoms with Crippen LogP contribution >= 0.6 is 0 Å².